The Kier molecular flexibility index (Phi) is 6.61. The molecule has 4 rings (SSSR count). The molecule has 0 aromatic heterocycles. The molecule has 0 N–H and O–H groups in total. The zero-order valence-electron chi connectivity index (χ0n) is 15.4. The molecule has 0 spiro atoms. The molecule has 0 radical (unpaired) electrons. The van der Waals surface area contributed by atoms with Gasteiger partial charge in [-0.15, -0.1) is 0 Å². The average Bonchev–Trinajstić information content (AvgIpc) is 2.71. The summed E-state index contributed by atoms with van der Waals surface area (Å²) in [5.74, 6) is 0. The smallest absolute Gasteiger partial charge is 0.0178 e. The lowest BCUT2D eigenvalue weighted by atomic mass is 10.0. The number of hydrogen-bond donors (Lipinski definition) is 0. The Morgan fingerprint density at radius 2 is 1.08 bits per heavy atom. The summed E-state index contributed by atoms with van der Waals surface area (Å²) in [5, 5.41) is 5.25. The van der Waals surface area contributed by atoms with Crippen molar-refractivity contribution < 1.29 is 0 Å². The minimum absolute atomic E-state index is 1.20. The Hall–Kier alpha value is -2.86. The van der Waals surface area contributed by atoms with E-state index in [0.29, 0.717) is 0 Å². The maximum Gasteiger partial charge on any atom is -0.0178 e. The molecule has 26 heavy (non-hydrogen) atoms. The van der Waals surface area contributed by atoms with Crippen molar-refractivity contribution in [2.24, 2.45) is 0 Å². The molecule has 0 fully saturated rings. The van der Waals surface area contributed by atoms with E-state index in [1.807, 2.05) is 6.07 Å². The molecule has 0 unspecified atom stereocenters. The first-order chi connectivity index (χ1) is 12.9. The van der Waals surface area contributed by atoms with E-state index in [-0.39, 0.29) is 0 Å². The zero-order valence-corrected chi connectivity index (χ0v) is 15.4. The van der Waals surface area contributed by atoms with Gasteiger partial charge in [0.1, 0.15) is 0 Å². The van der Waals surface area contributed by atoms with Gasteiger partial charge in [0.15, 0.2) is 0 Å². The fourth-order valence-corrected chi connectivity index (χ4v) is 2.99. The molecule has 0 heterocycles. The third-order valence-electron chi connectivity index (χ3n) is 4.45. The van der Waals surface area contributed by atoms with Crippen molar-refractivity contribution in [3.8, 4) is 0 Å². The summed E-state index contributed by atoms with van der Waals surface area (Å²) >= 11 is 0. The second kappa shape index (κ2) is 9.58. The van der Waals surface area contributed by atoms with E-state index in [2.05, 4.69) is 104 Å². The number of benzene rings is 4. The van der Waals surface area contributed by atoms with Crippen molar-refractivity contribution in [1.29, 1.82) is 0 Å². The highest BCUT2D eigenvalue weighted by Gasteiger charge is 1.95. The predicted octanol–water partition coefficient (Wildman–Crippen LogP) is 7.88. The molecule has 0 bridgehead atoms. The highest BCUT2D eigenvalue weighted by atomic mass is 14.0. The average molecular weight is 338 g/mol. The summed E-state index contributed by atoms with van der Waals surface area (Å²) < 4.78 is 0. The SMILES string of the molecule is CCCCC=Cc1ccccc1.c1ccc2cc3ccccc3cc2c1. The van der Waals surface area contributed by atoms with Gasteiger partial charge in [0, 0.05) is 0 Å². The normalized spacial score (nSPS) is 10.8. The van der Waals surface area contributed by atoms with Crippen molar-refractivity contribution in [3.63, 3.8) is 0 Å². The van der Waals surface area contributed by atoms with Crippen molar-refractivity contribution >= 4 is 27.6 Å². The Labute approximate surface area is 156 Å². The number of unbranched alkanes of at least 4 members (excludes halogenated alkanes) is 2. The van der Waals surface area contributed by atoms with E-state index < -0.39 is 0 Å². The number of rotatable bonds is 4. The largest absolute Gasteiger partial charge is 0.0839 e. The van der Waals surface area contributed by atoms with Crippen LogP contribution in [0.3, 0.4) is 0 Å². The van der Waals surface area contributed by atoms with Crippen LogP contribution in [0.4, 0.5) is 0 Å². The van der Waals surface area contributed by atoms with Gasteiger partial charge >= 0.3 is 0 Å². The van der Waals surface area contributed by atoms with Crippen molar-refractivity contribution in [1.82, 2.24) is 0 Å². The Morgan fingerprint density at radius 1 is 0.615 bits per heavy atom. The molecule has 0 saturated carbocycles. The van der Waals surface area contributed by atoms with E-state index >= 15 is 0 Å². The first-order valence-corrected chi connectivity index (χ1v) is 9.46. The van der Waals surface area contributed by atoms with Gasteiger partial charge in [-0.05, 0) is 45.7 Å². The monoisotopic (exact) mass is 338 g/mol. The summed E-state index contributed by atoms with van der Waals surface area (Å²) in [5.41, 5.74) is 1.30. The third-order valence-corrected chi connectivity index (χ3v) is 4.45. The highest BCUT2D eigenvalue weighted by molar-refractivity contribution is 5.98. The van der Waals surface area contributed by atoms with Gasteiger partial charge in [-0.1, -0.05) is 111 Å². The van der Waals surface area contributed by atoms with Crippen LogP contribution in [0, 0.1) is 0 Å². The first-order valence-electron chi connectivity index (χ1n) is 9.46. The van der Waals surface area contributed by atoms with Crippen molar-refractivity contribution in [2.75, 3.05) is 0 Å². The highest BCUT2D eigenvalue weighted by Crippen LogP contribution is 2.22. The molecule has 130 valence electrons. The van der Waals surface area contributed by atoms with Gasteiger partial charge in [0.25, 0.3) is 0 Å². The Morgan fingerprint density at radius 3 is 1.54 bits per heavy atom. The third kappa shape index (κ3) is 5.07. The van der Waals surface area contributed by atoms with Crippen LogP contribution in [-0.4, -0.2) is 0 Å². The topological polar surface area (TPSA) is 0 Å². The molecule has 0 aliphatic carbocycles. The number of allylic oxidation sites excluding steroid dienone is 1. The van der Waals surface area contributed by atoms with Gasteiger partial charge in [0.2, 0.25) is 0 Å². The predicted molar refractivity (Wildman–Crippen MR) is 116 cm³/mol. The lowest BCUT2D eigenvalue weighted by Crippen LogP contribution is -1.74. The maximum absolute atomic E-state index is 2.25. The molecule has 0 amide bonds. The second-order valence-corrected chi connectivity index (χ2v) is 6.50. The van der Waals surface area contributed by atoms with E-state index in [0.717, 1.165) is 0 Å². The summed E-state index contributed by atoms with van der Waals surface area (Å²) in [7, 11) is 0. The summed E-state index contributed by atoms with van der Waals surface area (Å²) in [6, 6.07) is 31.9. The van der Waals surface area contributed by atoms with Gasteiger partial charge < -0.3 is 0 Å². The molecule has 0 nitrogen and oxygen atoms in total. The fourth-order valence-electron chi connectivity index (χ4n) is 2.99. The standard InChI is InChI=1S/C14H10.C12H16/c1-2-6-12-10-14-8-4-3-7-13(14)9-11(12)5-1;1-2-3-4-6-9-12-10-7-5-8-11-12/h1-10H;5-11H,2-4H2,1H3. The minimum Gasteiger partial charge on any atom is -0.0839 e. The van der Waals surface area contributed by atoms with Gasteiger partial charge in [-0.25, -0.2) is 0 Å². The van der Waals surface area contributed by atoms with Crippen LogP contribution in [0.1, 0.15) is 31.7 Å². The molecule has 4 aromatic rings. The second-order valence-electron chi connectivity index (χ2n) is 6.50. The van der Waals surface area contributed by atoms with Crippen LogP contribution < -0.4 is 0 Å². The molecule has 0 saturated heterocycles. The van der Waals surface area contributed by atoms with Crippen LogP contribution in [-0.2, 0) is 0 Å². The Bertz CT molecular complexity index is 860. The van der Waals surface area contributed by atoms with Crippen molar-refractivity contribution in [2.45, 2.75) is 26.2 Å². The lowest BCUT2D eigenvalue weighted by molar-refractivity contribution is 0.816. The lowest BCUT2D eigenvalue weighted by Gasteiger charge is -2.00. The molecule has 0 atom stereocenters. The summed E-state index contributed by atoms with van der Waals surface area (Å²) in [4.78, 5) is 0. The zero-order chi connectivity index (χ0) is 18.0. The van der Waals surface area contributed by atoms with E-state index in [4.69, 9.17) is 0 Å². The van der Waals surface area contributed by atoms with Crippen LogP contribution in [0.5, 0.6) is 0 Å². The molecule has 4 aromatic carbocycles. The summed E-state index contributed by atoms with van der Waals surface area (Å²) in [6.45, 7) is 2.22. The fraction of sp³-hybridized carbons (Fsp3) is 0.154. The molecular formula is C26H26. The minimum atomic E-state index is 1.20. The first kappa shape index (κ1) is 17.9. The molecule has 0 heteroatoms. The van der Waals surface area contributed by atoms with Gasteiger partial charge in [-0.2, -0.15) is 0 Å². The van der Waals surface area contributed by atoms with Gasteiger partial charge in [-0.3, -0.25) is 0 Å². The van der Waals surface area contributed by atoms with Crippen LogP contribution >= 0.6 is 0 Å². The quantitative estimate of drug-likeness (QED) is 0.262. The summed E-state index contributed by atoms with van der Waals surface area (Å²) in [6.07, 6.45) is 8.21. The molecule has 0 aliphatic heterocycles. The maximum atomic E-state index is 2.25. The van der Waals surface area contributed by atoms with E-state index in [1.165, 1.54) is 46.4 Å². The van der Waals surface area contributed by atoms with Gasteiger partial charge in [0.05, 0.1) is 0 Å². The molecular weight excluding hydrogens is 312 g/mol. The van der Waals surface area contributed by atoms with Crippen LogP contribution in [0.25, 0.3) is 27.6 Å². The number of fused-ring (bicyclic) bond motifs is 2. The Balaban J connectivity index is 0.000000153. The van der Waals surface area contributed by atoms with Crippen molar-refractivity contribution in [3.05, 3.63) is 103 Å². The number of hydrogen-bond acceptors (Lipinski definition) is 0. The van der Waals surface area contributed by atoms with E-state index in [9.17, 15) is 0 Å². The van der Waals surface area contributed by atoms with Crippen LogP contribution in [0.15, 0.2) is 97.1 Å². The van der Waals surface area contributed by atoms with E-state index in [1.54, 1.807) is 0 Å². The van der Waals surface area contributed by atoms with Crippen LogP contribution in [0.2, 0.25) is 0 Å². The molecule has 0 aliphatic rings.